The molecule has 0 unspecified atom stereocenters. The molecule has 0 aliphatic heterocycles. The van der Waals surface area contributed by atoms with Gasteiger partial charge in [-0.25, -0.2) is 4.39 Å². The van der Waals surface area contributed by atoms with Crippen molar-refractivity contribution in [3.63, 3.8) is 0 Å². The highest BCUT2D eigenvalue weighted by Crippen LogP contribution is 2.28. The Labute approximate surface area is 91.6 Å². The van der Waals surface area contributed by atoms with Gasteiger partial charge in [0.05, 0.1) is 10.7 Å². The lowest BCUT2D eigenvalue weighted by molar-refractivity contribution is 0.292. The first-order valence-electron chi connectivity index (χ1n) is 4.14. The average Bonchev–Trinajstić information content (AvgIpc) is 2.09. The fraction of sp³-hybridized carbons (Fsp3) is 0.333. The van der Waals surface area contributed by atoms with Crippen molar-refractivity contribution >= 4 is 28.9 Å². The van der Waals surface area contributed by atoms with E-state index in [1.54, 1.807) is 0 Å². The second-order valence-corrected chi connectivity index (χ2v) is 3.59. The number of aliphatic hydroxyl groups excluding tert-OH is 1. The van der Waals surface area contributed by atoms with Crippen LogP contribution in [0.5, 0.6) is 0 Å². The van der Waals surface area contributed by atoms with Crippen LogP contribution >= 0.6 is 23.2 Å². The fourth-order valence-corrected chi connectivity index (χ4v) is 1.54. The van der Waals surface area contributed by atoms with E-state index in [0.717, 1.165) is 0 Å². The van der Waals surface area contributed by atoms with E-state index in [2.05, 4.69) is 5.32 Å². The molecule has 0 atom stereocenters. The van der Waals surface area contributed by atoms with Crippen LogP contribution in [-0.2, 0) is 0 Å². The van der Waals surface area contributed by atoms with E-state index in [0.29, 0.717) is 13.0 Å². The van der Waals surface area contributed by atoms with Crippen molar-refractivity contribution < 1.29 is 9.50 Å². The molecule has 0 aliphatic carbocycles. The molecular weight excluding hydrogens is 228 g/mol. The van der Waals surface area contributed by atoms with Gasteiger partial charge in [0.1, 0.15) is 5.82 Å². The number of rotatable bonds is 4. The Morgan fingerprint density at radius 3 is 2.64 bits per heavy atom. The van der Waals surface area contributed by atoms with Gasteiger partial charge in [0, 0.05) is 18.2 Å². The minimum atomic E-state index is -0.486. The summed E-state index contributed by atoms with van der Waals surface area (Å²) in [5.41, 5.74) is 0.226. The summed E-state index contributed by atoms with van der Waals surface area (Å²) >= 11 is 11.4. The Morgan fingerprint density at radius 1 is 1.36 bits per heavy atom. The Hall–Kier alpha value is -0.510. The van der Waals surface area contributed by atoms with E-state index in [9.17, 15) is 4.39 Å². The van der Waals surface area contributed by atoms with Crippen molar-refractivity contribution in [3.8, 4) is 0 Å². The zero-order valence-electron chi connectivity index (χ0n) is 7.36. The van der Waals surface area contributed by atoms with Crippen molar-refractivity contribution in [2.45, 2.75) is 6.42 Å². The number of benzene rings is 1. The maximum absolute atomic E-state index is 13.2. The highest BCUT2D eigenvalue weighted by Gasteiger charge is 2.07. The standard InChI is InChI=1S/C9H10Cl2FNO/c10-6-4-7(11)9(8(12)5-6)13-2-1-3-14/h4-5,13-14H,1-3H2. The first-order valence-corrected chi connectivity index (χ1v) is 4.90. The van der Waals surface area contributed by atoms with E-state index in [1.165, 1.54) is 12.1 Å². The van der Waals surface area contributed by atoms with Crippen molar-refractivity contribution in [1.29, 1.82) is 0 Å². The predicted octanol–water partition coefficient (Wildman–Crippen LogP) is 2.93. The Morgan fingerprint density at radius 2 is 2.07 bits per heavy atom. The van der Waals surface area contributed by atoms with Crippen LogP contribution in [0.15, 0.2) is 12.1 Å². The molecule has 0 fully saturated rings. The number of nitrogens with one attached hydrogen (secondary N) is 1. The van der Waals surface area contributed by atoms with Gasteiger partial charge in [0.2, 0.25) is 0 Å². The predicted molar refractivity (Wildman–Crippen MR) is 56.6 cm³/mol. The molecule has 2 N–H and O–H groups in total. The van der Waals surface area contributed by atoms with Crippen LogP contribution in [0, 0.1) is 5.82 Å². The molecule has 5 heteroatoms. The molecule has 0 saturated carbocycles. The lowest BCUT2D eigenvalue weighted by atomic mass is 10.3. The summed E-state index contributed by atoms with van der Waals surface area (Å²) in [4.78, 5) is 0. The highest BCUT2D eigenvalue weighted by molar-refractivity contribution is 6.36. The molecule has 0 bridgehead atoms. The first kappa shape index (κ1) is 11.6. The number of halogens is 3. The number of aliphatic hydroxyl groups is 1. The van der Waals surface area contributed by atoms with Gasteiger partial charge in [-0.3, -0.25) is 0 Å². The van der Waals surface area contributed by atoms with Crippen LogP contribution in [-0.4, -0.2) is 18.3 Å². The molecule has 0 aromatic heterocycles. The third-order valence-electron chi connectivity index (χ3n) is 1.64. The van der Waals surface area contributed by atoms with E-state index < -0.39 is 5.82 Å². The molecule has 1 rings (SSSR count). The van der Waals surface area contributed by atoms with Crippen LogP contribution in [0.2, 0.25) is 10.0 Å². The third-order valence-corrected chi connectivity index (χ3v) is 2.16. The zero-order valence-corrected chi connectivity index (χ0v) is 8.87. The molecule has 1 aromatic rings. The van der Waals surface area contributed by atoms with Crippen LogP contribution in [0.4, 0.5) is 10.1 Å². The molecule has 0 aliphatic rings. The van der Waals surface area contributed by atoms with Gasteiger partial charge in [-0.1, -0.05) is 23.2 Å². The van der Waals surface area contributed by atoms with Crippen molar-refractivity contribution in [2.24, 2.45) is 0 Å². The SMILES string of the molecule is OCCCNc1c(F)cc(Cl)cc1Cl. The van der Waals surface area contributed by atoms with Crippen molar-refractivity contribution in [1.82, 2.24) is 0 Å². The topological polar surface area (TPSA) is 32.3 Å². The summed E-state index contributed by atoms with van der Waals surface area (Å²) < 4.78 is 13.2. The maximum Gasteiger partial charge on any atom is 0.149 e. The third kappa shape index (κ3) is 3.01. The highest BCUT2D eigenvalue weighted by atomic mass is 35.5. The van der Waals surface area contributed by atoms with Crippen molar-refractivity contribution in [2.75, 3.05) is 18.5 Å². The number of hydrogen-bond acceptors (Lipinski definition) is 2. The molecule has 1 aromatic carbocycles. The van der Waals surface area contributed by atoms with Gasteiger partial charge in [0.15, 0.2) is 0 Å². The van der Waals surface area contributed by atoms with Gasteiger partial charge in [-0.05, 0) is 18.6 Å². The number of anilines is 1. The minimum absolute atomic E-state index is 0.0554. The monoisotopic (exact) mass is 237 g/mol. The zero-order chi connectivity index (χ0) is 10.6. The molecule has 78 valence electrons. The average molecular weight is 238 g/mol. The van der Waals surface area contributed by atoms with Crippen LogP contribution in [0.3, 0.4) is 0 Å². The van der Waals surface area contributed by atoms with Gasteiger partial charge in [0.25, 0.3) is 0 Å². The van der Waals surface area contributed by atoms with E-state index >= 15 is 0 Å². The van der Waals surface area contributed by atoms with E-state index in [-0.39, 0.29) is 22.3 Å². The van der Waals surface area contributed by atoms with Crippen molar-refractivity contribution in [3.05, 3.63) is 28.0 Å². The van der Waals surface area contributed by atoms with Crippen LogP contribution in [0.25, 0.3) is 0 Å². The molecule has 0 radical (unpaired) electrons. The molecule has 0 spiro atoms. The van der Waals surface area contributed by atoms with Crippen LogP contribution in [0.1, 0.15) is 6.42 Å². The summed E-state index contributed by atoms with van der Waals surface area (Å²) in [6.07, 6.45) is 0.540. The fourth-order valence-electron chi connectivity index (χ4n) is 1.00. The molecule has 0 heterocycles. The van der Waals surface area contributed by atoms with Gasteiger partial charge < -0.3 is 10.4 Å². The largest absolute Gasteiger partial charge is 0.396 e. The molecule has 2 nitrogen and oxygen atoms in total. The molecular formula is C9H10Cl2FNO. The number of hydrogen-bond donors (Lipinski definition) is 2. The summed E-state index contributed by atoms with van der Waals surface area (Å²) in [6.45, 7) is 0.522. The Balaban J connectivity index is 2.75. The van der Waals surface area contributed by atoms with Gasteiger partial charge >= 0.3 is 0 Å². The second kappa shape index (κ2) is 5.39. The Kier molecular flexibility index (Phi) is 4.45. The molecule has 14 heavy (non-hydrogen) atoms. The van der Waals surface area contributed by atoms with E-state index in [4.69, 9.17) is 28.3 Å². The quantitative estimate of drug-likeness (QED) is 0.790. The summed E-state index contributed by atoms with van der Waals surface area (Å²) in [5.74, 6) is -0.486. The lowest BCUT2D eigenvalue weighted by Crippen LogP contribution is -2.05. The summed E-state index contributed by atoms with van der Waals surface area (Å²) in [5, 5.41) is 11.8. The summed E-state index contributed by atoms with van der Waals surface area (Å²) in [7, 11) is 0. The van der Waals surface area contributed by atoms with Gasteiger partial charge in [-0.15, -0.1) is 0 Å². The lowest BCUT2D eigenvalue weighted by Gasteiger charge is -2.08. The smallest absolute Gasteiger partial charge is 0.149 e. The molecule has 0 amide bonds. The Bertz CT molecular complexity index is 297. The van der Waals surface area contributed by atoms with Crippen LogP contribution < -0.4 is 5.32 Å². The molecule has 0 saturated heterocycles. The minimum Gasteiger partial charge on any atom is -0.396 e. The summed E-state index contributed by atoms with van der Waals surface area (Å²) in [6, 6.07) is 2.65. The first-order chi connectivity index (χ1) is 6.65. The normalized spacial score (nSPS) is 10.3. The van der Waals surface area contributed by atoms with Gasteiger partial charge in [-0.2, -0.15) is 0 Å². The second-order valence-electron chi connectivity index (χ2n) is 2.75. The van der Waals surface area contributed by atoms with E-state index in [1.807, 2.05) is 0 Å². The maximum atomic E-state index is 13.2.